The highest BCUT2D eigenvalue weighted by molar-refractivity contribution is 7.89. The molecule has 1 aliphatic heterocycles. The van der Waals surface area contributed by atoms with Gasteiger partial charge in [0.1, 0.15) is 0 Å². The van der Waals surface area contributed by atoms with Crippen LogP contribution in [0.4, 0.5) is 0 Å². The number of nitrogens with two attached hydrogens (primary N) is 1. The minimum Gasteiger partial charge on any atom is -0.454 e. The maximum atomic E-state index is 13.7. The third-order valence-corrected chi connectivity index (χ3v) is 8.07. The predicted molar refractivity (Wildman–Crippen MR) is 142 cm³/mol. The first-order valence-electron chi connectivity index (χ1n) is 12.5. The van der Waals surface area contributed by atoms with Gasteiger partial charge in [0.05, 0.1) is 23.1 Å². The number of aliphatic hydroxyl groups excluding tert-OH is 1. The van der Waals surface area contributed by atoms with Crippen LogP contribution in [0, 0.1) is 11.3 Å². The van der Waals surface area contributed by atoms with Crippen molar-refractivity contribution in [2.24, 2.45) is 17.1 Å². The molecule has 37 heavy (non-hydrogen) atoms. The number of fused-ring (bicyclic) bond motifs is 1. The Morgan fingerprint density at radius 2 is 1.73 bits per heavy atom. The molecule has 0 fully saturated rings. The zero-order valence-electron chi connectivity index (χ0n) is 22.2. The Balaban J connectivity index is 1.88. The van der Waals surface area contributed by atoms with E-state index >= 15 is 0 Å². The first-order valence-corrected chi connectivity index (χ1v) is 13.9. The van der Waals surface area contributed by atoms with Crippen LogP contribution in [0.15, 0.2) is 53.4 Å². The van der Waals surface area contributed by atoms with Gasteiger partial charge in [-0.15, -0.1) is 0 Å². The second kappa shape index (κ2) is 11.8. The monoisotopic (exact) mass is 533 g/mol. The average Bonchev–Trinajstić information content (AvgIpc) is 3.30. The van der Waals surface area contributed by atoms with Crippen LogP contribution in [-0.4, -0.2) is 61.8 Å². The third kappa shape index (κ3) is 7.44. The Bertz CT molecular complexity index is 1160. The van der Waals surface area contributed by atoms with E-state index in [1.54, 1.807) is 6.07 Å². The van der Waals surface area contributed by atoms with Gasteiger partial charge in [-0.3, -0.25) is 4.79 Å². The van der Waals surface area contributed by atoms with Crippen molar-refractivity contribution in [3.05, 3.63) is 54.1 Å². The number of carbonyl (C=O) groups is 1. The molecule has 0 saturated carbocycles. The summed E-state index contributed by atoms with van der Waals surface area (Å²) in [5.41, 5.74) is 6.58. The van der Waals surface area contributed by atoms with Gasteiger partial charge in [0.2, 0.25) is 22.7 Å². The van der Waals surface area contributed by atoms with Crippen LogP contribution in [-0.2, 0) is 21.2 Å². The molecule has 0 spiro atoms. The lowest BCUT2D eigenvalue weighted by Gasteiger charge is -2.33. The van der Waals surface area contributed by atoms with Crippen molar-refractivity contribution in [2.45, 2.75) is 64.1 Å². The van der Waals surface area contributed by atoms with Gasteiger partial charge in [0, 0.05) is 19.2 Å². The van der Waals surface area contributed by atoms with Crippen LogP contribution in [0.1, 0.15) is 40.2 Å². The fourth-order valence-corrected chi connectivity index (χ4v) is 5.65. The Labute approximate surface area is 220 Å². The molecule has 2 aromatic carbocycles. The van der Waals surface area contributed by atoms with E-state index in [2.05, 4.69) is 5.32 Å². The second-order valence-corrected chi connectivity index (χ2v) is 12.9. The van der Waals surface area contributed by atoms with Gasteiger partial charge in [-0.2, -0.15) is 4.31 Å². The molecular weight excluding hydrogens is 494 g/mol. The molecule has 3 rings (SSSR count). The fourth-order valence-electron chi connectivity index (χ4n) is 4.02. The van der Waals surface area contributed by atoms with Gasteiger partial charge < -0.3 is 25.6 Å². The molecule has 1 unspecified atom stereocenters. The van der Waals surface area contributed by atoms with Gasteiger partial charge in [0.25, 0.3) is 0 Å². The smallest absolute Gasteiger partial charge is 0.243 e. The minimum atomic E-state index is -3.99. The number of sulfonamides is 1. The normalized spacial score (nSPS) is 16.0. The Kier molecular flexibility index (Phi) is 9.22. The summed E-state index contributed by atoms with van der Waals surface area (Å²) in [6, 6.07) is 12.3. The standard InChI is InChI=1S/C27H39N3O6S/c1-18(2)15-30(37(33,34)20-11-12-23-24(14-20)36-17-35-23)16-22(31)21(13-19-9-7-6-8-10-19)29-26(32)25(28)27(3,4)5/h6-12,14,18,21-22,25,31H,13,15-17,28H2,1-5H3,(H,29,32)/t21?,22-,25-/m1/s1. The van der Waals surface area contributed by atoms with Crippen molar-refractivity contribution in [2.75, 3.05) is 19.9 Å². The lowest BCUT2D eigenvalue weighted by atomic mass is 9.86. The van der Waals surface area contributed by atoms with E-state index in [9.17, 15) is 18.3 Å². The van der Waals surface area contributed by atoms with Crippen LogP contribution in [0.5, 0.6) is 11.5 Å². The van der Waals surface area contributed by atoms with Gasteiger partial charge in [-0.25, -0.2) is 8.42 Å². The van der Waals surface area contributed by atoms with E-state index in [0.29, 0.717) is 17.9 Å². The van der Waals surface area contributed by atoms with Crippen molar-refractivity contribution in [1.29, 1.82) is 0 Å². The zero-order chi connectivity index (χ0) is 27.4. The summed E-state index contributed by atoms with van der Waals surface area (Å²) < 4.78 is 39.2. The van der Waals surface area contributed by atoms with Crippen LogP contribution in [0.2, 0.25) is 0 Å². The second-order valence-electron chi connectivity index (χ2n) is 10.9. The molecule has 10 heteroatoms. The molecule has 0 saturated heterocycles. The molecule has 1 amide bonds. The molecule has 0 radical (unpaired) electrons. The molecule has 0 aromatic heterocycles. The first-order chi connectivity index (χ1) is 17.3. The predicted octanol–water partition coefficient (Wildman–Crippen LogP) is 2.52. The number of carbonyl (C=O) groups excluding carboxylic acids is 1. The Hall–Kier alpha value is -2.66. The summed E-state index contributed by atoms with van der Waals surface area (Å²) in [5.74, 6) is 0.431. The van der Waals surface area contributed by atoms with Gasteiger partial charge in [-0.1, -0.05) is 65.0 Å². The molecular formula is C27H39N3O6S. The largest absolute Gasteiger partial charge is 0.454 e. The molecule has 204 valence electrons. The van der Waals surface area contributed by atoms with Crippen molar-refractivity contribution in [3.63, 3.8) is 0 Å². The van der Waals surface area contributed by atoms with E-state index < -0.39 is 39.5 Å². The number of hydrogen-bond donors (Lipinski definition) is 3. The molecule has 0 bridgehead atoms. The highest BCUT2D eigenvalue weighted by Gasteiger charge is 2.34. The van der Waals surface area contributed by atoms with E-state index in [1.165, 1.54) is 16.4 Å². The SMILES string of the molecule is CC(C)CN(C[C@@H](O)C(Cc1ccccc1)NC(=O)[C@@H](N)C(C)(C)C)S(=O)(=O)c1ccc2c(c1)OCO2. The van der Waals surface area contributed by atoms with Gasteiger partial charge >= 0.3 is 0 Å². The molecule has 1 aliphatic rings. The van der Waals surface area contributed by atoms with Crippen molar-refractivity contribution in [3.8, 4) is 11.5 Å². The molecule has 4 N–H and O–H groups in total. The topological polar surface area (TPSA) is 131 Å². The molecule has 0 aliphatic carbocycles. The van der Waals surface area contributed by atoms with Gasteiger partial charge in [-0.05, 0) is 35.4 Å². The highest BCUT2D eigenvalue weighted by atomic mass is 32.2. The van der Waals surface area contributed by atoms with Crippen LogP contribution >= 0.6 is 0 Å². The summed E-state index contributed by atoms with van der Waals surface area (Å²) in [4.78, 5) is 13.0. The number of nitrogens with zero attached hydrogens (tertiary/aromatic N) is 1. The molecule has 2 aromatic rings. The maximum Gasteiger partial charge on any atom is 0.243 e. The number of aliphatic hydroxyl groups is 1. The maximum absolute atomic E-state index is 13.7. The first kappa shape index (κ1) is 28.9. The number of rotatable bonds is 11. The van der Waals surface area contributed by atoms with E-state index in [4.69, 9.17) is 15.2 Å². The lowest BCUT2D eigenvalue weighted by Crippen LogP contribution is -2.56. The molecule has 1 heterocycles. The van der Waals surface area contributed by atoms with Crippen LogP contribution in [0.3, 0.4) is 0 Å². The number of amides is 1. The van der Waals surface area contributed by atoms with E-state index in [1.807, 2.05) is 65.0 Å². The quantitative estimate of drug-likeness (QED) is 0.404. The number of hydrogen-bond acceptors (Lipinski definition) is 7. The Morgan fingerprint density at radius 1 is 1.08 bits per heavy atom. The van der Waals surface area contributed by atoms with Crippen LogP contribution in [0.25, 0.3) is 0 Å². The fraction of sp³-hybridized carbons (Fsp3) is 0.519. The highest BCUT2D eigenvalue weighted by Crippen LogP contribution is 2.35. The van der Waals surface area contributed by atoms with E-state index in [0.717, 1.165) is 5.56 Å². The number of nitrogens with one attached hydrogen (secondary N) is 1. The Morgan fingerprint density at radius 3 is 2.35 bits per heavy atom. The van der Waals surface area contributed by atoms with Crippen molar-refractivity contribution < 1.29 is 27.8 Å². The van der Waals surface area contributed by atoms with Gasteiger partial charge in [0.15, 0.2) is 11.5 Å². The average molecular weight is 534 g/mol. The molecule has 3 atom stereocenters. The molecule has 9 nitrogen and oxygen atoms in total. The summed E-state index contributed by atoms with van der Waals surface area (Å²) in [7, 11) is -3.99. The van der Waals surface area contributed by atoms with Crippen molar-refractivity contribution in [1.82, 2.24) is 9.62 Å². The summed E-state index contributed by atoms with van der Waals surface area (Å²) in [6.45, 7) is 9.40. The summed E-state index contributed by atoms with van der Waals surface area (Å²) in [6.07, 6.45) is -0.886. The minimum absolute atomic E-state index is 0.00698. The summed E-state index contributed by atoms with van der Waals surface area (Å²) >= 11 is 0. The van der Waals surface area contributed by atoms with Crippen molar-refractivity contribution >= 4 is 15.9 Å². The zero-order valence-corrected chi connectivity index (χ0v) is 23.0. The number of ether oxygens (including phenoxy) is 2. The summed E-state index contributed by atoms with van der Waals surface area (Å²) in [5, 5.41) is 14.2. The lowest BCUT2D eigenvalue weighted by molar-refractivity contribution is -0.126. The van der Waals surface area contributed by atoms with Crippen LogP contribution < -0.4 is 20.5 Å². The number of benzene rings is 2. The van der Waals surface area contributed by atoms with E-state index in [-0.39, 0.29) is 30.7 Å². The third-order valence-electron chi connectivity index (χ3n) is 6.25.